The van der Waals surface area contributed by atoms with E-state index in [2.05, 4.69) is 0 Å². The van der Waals surface area contributed by atoms with Crippen LogP contribution in [0.1, 0.15) is 40.1 Å². The van der Waals surface area contributed by atoms with Crippen LogP contribution >= 0.6 is 11.8 Å². The average Bonchev–Trinajstić information content (AvgIpc) is 3.05. The number of halogens is 2. The largest absolute Gasteiger partial charge is 0.502 e. The van der Waals surface area contributed by atoms with E-state index in [0.29, 0.717) is 5.56 Å². The van der Waals surface area contributed by atoms with E-state index in [9.17, 15) is 19.1 Å². The lowest BCUT2D eigenvalue weighted by Crippen LogP contribution is -2.57. The topological polar surface area (TPSA) is 75.0 Å². The molecule has 0 saturated heterocycles. The molecule has 1 N–H and O–H groups in total. The van der Waals surface area contributed by atoms with Gasteiger partial charge in [-0.3, -0.25) is 19.3 Å². The zero-order valence-electron chi connectivity index (χ0n) is 19.1. The minimum absolute atomic E-state index is 0.0567. The Labute approximate surface area is 209 Å². The molecule has 2 bridgehead atoms. The van der Waals surface area contributed by atoms with Crippen LogP contribution in [0.25, 0.3) is 0 Å². The molecule has 3 aliphatic heterocycles. The molecule has 6 rings (SSSR count). The molecular formula is C26H21F2N3O4S. The molecule has 2 atom stereocenters. The second-order valence-corrected chi connectivity index (χ2v) is 9.87. The number of benzene rings is 2. The van der Waals surface area contributed by atoms with E-state index in [1.54, 1.807) is 17.2 Å². The summed E-state index contributed by atoms with van der Waals surface area (Å²) in [7, 11) is 0. The standard InChI is InChI=1S/C26H21F2N3O4S/c1-14-5-4-10-35-19-11-17(27)22(28)16-12-36-20-7-3-2-6-15(20)23(21(16)19)31-13-29(14)26(34)24-25(33)18(32)8-9-30(24)31/h2-9,11,14,23,33H,10,12-13H2,1H3/b5-4-/t14-,23+/m1/s1. The molecule has 1 aromatic heterocycles. The predicted molar refractivity (Wildman–Crippen MR) is 130 cm³/mol. The van der Waals surface area contributed by atoms with Crippen molar-refractivity contribution < 1.29 is 23.4 Å². The van der Waals surface area contributed by atoms with Crippen LogP contribution < -0.4 is 15.2 Å². The summed E-state index contributed by atoms with van der Waals surface area (Å²) in [6.07, 6.45) is 4.90. The lowest BCUT2D eigenvalue weighted by molar-refractivity contribution is 0.0642. The maximum Gasteiger partial charge on any atom is 0.278 e. The first kappa shape index (κ1) is 22.7. The highest BCUT2D eigenvalue weighted by atomic mass is 32.2. The van der Waals surface area contributed by atoms with Crippen molar-refractivity contribution in [1.29, 1.82) is 0 Å². The van der Waals surface area contributed by atoms with Gasteiger partial charge in [-0.15, -0.1) is 11.8 Å². The van der Waals surface area contributed by atoms with E-state index in [0.717, 1.165) is 16.5 Å². The predicted octanol–water partition coefficient (Wildman–Crippen LogP) is 3.92. The SMILES string of the molecule is C[C@@H]1/C=C\COc2cc(F)c(F)c3c2[C@H](c2ccccc2SC3)N2CN1C(=O)c1c(O)c(=O)ccn12. The Kier molecular flexibility index (Phi) is 5.29. The van der Waals surface area contributed by atoms with Crippen LogP contribution in [0.15, 0.2) is 64.4 Å². The van der Waals surface area contributed by atoms with Gasteiger partial charge in [0, 0.05) is 46.1 Å². The molecule has 36 heavy (non-hydrogen) atoms. The van der Waals surface area contributed by atoms with E-state index in [1.807, 2.05) is 31.2 Å². The Morgan fingerprint density at radius 2 is 1.97 bits per heavy atom. The van der Waals surface area contributed by atoms with Crippen molar-refractivity contribution in [2.75, 3.05) is 18.3 Å². The molecule has 0 fully saturated rings. The third-order valence-electron chi connectivity index (χ3n) is 6.81. The van der Waals surface area contributed by atoms with Crippen molar-refractivity contribution in [1.82, 2.24) is 9.58 Å². The normalized spacial score (nSPS) is 21.4. The third-order valence-corrected chi connectivity index (χ3v) is 7.93. The van der Waals surface area contributed by atoms with E-state index in [1.165, 1.54) is 33.6 Å². The second-order valence-electron chi connectivity index (χ2n) is 8.85. The summed E-state index contributed by atoms with van der Waals surface area (Å²) >= 11 is 1.39. The molecule has 0 radical (unpaired) electrons. The number of fused-ring (bicyclic) bond motifs is 7. The van der Waals surface area contributed by atoms with Crippen LogP contribution in [0.5, 0.6) is 11.5 Å². The number of nitrogens with zero attached hydrogens (tertiary/aromatic N) is 3. The van der Waals surface area contributed by atoms with E-state index < -0.39 is 40.8 Å². The molecule has 4 heterocycles. The molecule has 3 aliphatic rings. The molecule has 184 valence electrons. The molecule has 0 saturated carbocycles. The lowest BCUT2D eigenvalue weighted by Gasteiger charge is -2.45. The summed E-state index contributed by atoms with van der Waals surface area (Å²) < 4.78 is 37.5. The maximum absolute atomic E-state index is 15.3. The molecule has 0 spiro atoms. The Morgan fingerprint density at radius 3 is 2.81 bits per heavy atom. The summed E-state index contributed by atoms with van der Waals surface area (Å²) in [4.78, 5) is 28.2. The van der Waals surface area contributed by atoms with Crippen LogP contribution in [0.2, 0.25) is 0 Å². The van der Waals surface area contributed by atoms with Crippen LogP contribution in [-0.2, 0) is 5.75 Å². The average molecular weight is 510 g/mol. The molecule has 0 aliphatic carbocycles. The first-order valence-corrected chi connectivity index (χ1v) is 12.4. The first-order chi connectivity index (χ1) is 17.4. The zero-order valence-corrected chi connectivity index (χ0v) is 20.0. The highest BCUT2D eigenvalue weighted by Gasteiger charge is 2.41. The van der Waals surface area contributed by atoms with Crippen LogP contribution in [0.4, 0.5) is 8.78 Å². The lowest BCUT2D eigenvalue weighted by atomic mass is 9.92. The number of carbonyl (C=O) groups excluding carboxylic acids is 1. The van der Waals surface area contributed by atoms with E-state index in [-0.39, 0.29) is 36.0 Å². The first-order valence-electron chi connectivity index (χ1n) is 11.4. The van der Waals surface area contributed by atoms with Crippen molar-refractivity contribution in [2.24, 2.45) is 0 Å². The summed E-state index contributed by atoms with van der Waals surface area (Å²) in [6.45, 7) is 1.95. The van der Waals surface area contributed by atoms with Crippen molar-refractivity contribution in [3.63, 3.8) is 0 Å². The van der Waals surface area contributed by atoms with Crippen molar-refractivity contribution in [3.05, 3.63) is 99.0 Å². The Morgan fingerprint density at radius 1 is 1.17 bits per heavy atom. The number of rotatable bonds is 0. The van der Waals surface area contributed by atoms with Gasteiger partial charge in [-0.25, -0.2) is 8.78 Å². The van der Waals surface area contributed by atoms with Gasteiger partial charge in [-0.2, -0.15) is 0 Å². The Bertz CT molecular complexity index is 1510. The van der Waals surface area contributed by atoms with Gasteiger partial charge in [-0.05, 0) is 24.6 Å². The fourth-order valence-electron chi connectivity index (χ4n) is 5.05. The minimum Gasteiger partial charge on any atom is -0.502 e. The number of ether oxygens (including phenoxy) is 1. The fraction of sp³-hybridized carbons (Fsp3) is 0.231. The maximum atomic E-state index is 15.3. The van der Waals surface area contributed by atoms with Crippen LogP contribution in [0, 0.1) is 11.6 Å². The minimum atomic E-state index is -1.00. The molecule has 0 unspecified atom stereocenters. The van der Waals surface area contributed by atoms with E-state index in [4.69, 9.17) is 4.74 Å². The van der Waals surface area contributed by atoms with Gasteiger partial charge < -0.3 is 14.7 Å². The van der Waals surface area contributed by atoms with Crippen molar-refractivity contribution in [2.45, 2.75) is 29.7 Å². The number of thioether (sulfide) groups is 1. The number of hydrogen-bond donors (Lipinski definition) is 1. The number of amides is 1. The van der Waals surface area contributed by atoms with Gasteiger partial charge in [-0.1, -0.05) is 24.3 Å². The fourth-order valence-corrected chi connectivity index (χ4v) is 6.15. The summed E-state index contributed by atoms with van der Waals surface area (Å²) in [5.41, 5.74) is 0.540. The number of aromatic hydroxyl groups is 1. The summed E-state index contributed by atoms with van der Waals surface area (Å²) in [5, 5.41) is 12.5. The molecule has 3 aromatic rings. The van der Waals surface area contributed by atoms with Gasteiger partial charge >= 0.3 is 0 Å². The van der Waals surface area contributed by atoms with Crippen LogP contribution in [-0.4, -0.2) is 39.9 Å². The smallest absolute Gasteiger partial charge is 0.278 e. The number of hydrogen-bond acceptors (Lipinski definition) is 6. The second kappa shape index (κ2) is 8.41. The summed E-state index contributed by atoms with van der Waals surface area (Å²) in [6, 6.07) is 8.63. The molecular weight excluding hydrogens is 488 g/mol. The van der Waals surface area contributed by atoms with Gasteiger partial charge in [0.05, 0.1) is 0 Å². The van der Waals surface area contributed by atoms with Crippen molar-refractivity contribution >= 4 is 17.7 Å². The van der Waals surface area contributed by atoms with Gasteiger partial charge in [0.15, 0.2) is 23.1 Å². The van der Waals surface area contributed by atoms with Crippen molar-refractivity contribution in [3.8, 4) is 11.5 Å². The quantitative estimate of drug-likeness (QED) is 0.463. The monoisotopic (exact) mass is 509 g/mol. The zero-order chi connectivity index (χ0) is 25.1. The van der Waals surface area contributed by atoms with Gasteiger partial charge in [0.2, 0.25) is 5.43 Å². The highest BCUT2D eigenvalue weighted by Crippen LogP contribution is 2.47. The highest BCUT2D eigenvalue weighted by molar-refractivity contribution is 7.98. The number of aromatic nitrogens is 1. The molecule has 7 nitrogen and oxygen atoms in total. The Hall–Kier alpha value is -3.79. The third kappa shape index (κ3) is 3.31. The van der Waals surface area contributed by atoms with Crippen LogP contribution in [0.3, 0.4) is 0 Å². The number of pyridine rings is 1. The Balaban J connectivity index is 1.72. The van der Waals surface area contributed by atoms with Gasteiger partial charge in [0.1, 0.15) is 25.1 Å². The van der Waals surface area contributed by atoms with Gasteiger partial charge in [0.25, 0.3) is 5.91 Å². The van der Waals surface area contributed by atoms with E-state index >= 15 is 4.39 Å². The summed E-state index contributed by atoms with van der Waals surface area (Å²) in [5.74, 6) is -2.76. The molecule has 1 amide bonds. The number of carbonyl (C=O) groups is 1. The molecule has 2 aromatic carbocycles. The molecule has 10 heteroatoms.